The van der Waals surface area contributed by atoms with Crippen molar-refractivity contribution in [3.05, 3.63) is 101 Å². The number of nitrogen functional groups attached to an aromatic ring is 1. The molecule has 9 rings (SSSR count). The maximum atomic E-state index is 15.0. The van der Waals surface area contributed by atoms with Gasteiger partial charge >= 0.3 is 5.97 Å². The molecule has 0 radical (unpaired) electrons. The van der Waals surface area contributed by atoms with E-state index < -0.39 is 57.3 Å². The van der Waals surface area contributed by atoms with Gasteiger partial charge in [-0.25, -0.2) is 13.8 Å². The Morgan fingerprint density at radius 3 is 2.46 bits per heavy atom. The second kappa shape index (κ2) is 24.4. The fraction of sp³-hybridized carbons (Fsp3) is 0.525. The number of fused-ring (bicyclic) bond motifs is 6. The number of likely N-dealkylation sites (N-methyl/N-ethyl adjacent to an activating group) is 1. The molecular weight excluding hydrogens is 1040 g/mol. The monoisotopic (exact) mass is 1120 g/mol. The molecule has 5 aromatic rings. The van der Waals surface area contributed by atoms with E-state index in [1.54, 1.807) is 38.4 Å². The van der Waals surface area contributed by atoms with Crippen molar-refractivity contribution in [3.8, 4) is 28.1 Å². The van der Waals surface area contributed by atoms with E-state index in [1.165, 1.54) is 9.91 Å². The van der Waals surface area contributed by atoms with Gasteiger partial charge in [0, 0.05) is 93.0 Å². The number of carbonyl (C=O) groups excluding carboxylic acids is 4. The summed E-state index contributed by atoms with van der Waals surface area (Å²) in [5, 5.41) is 16.9. The average Bonchev–Trinajstić information content (AvgIpc) is 4.14. The minimum atomic E-state index is -2.99. The molecule has 2 aromatic heterocycles. The molecule has 0 saturated carbocycles. The molecule has 6 bridgehead atoms. The number of amides is 3. The number of rotatable bonds is 14. The minimum absolute atomic E-state index is 0.0272. The van der Waals surface area contributed by atoms with Gasteiger partial charge in [0.2, 0.25) is 5.91 Å². The van der Waals surface area contributed by atoms with Crippen LogP contribution in [0, 0.1) is 11.3 Å². The summed E-state index contributed by atoms with van der Waals surface area (Å²) in [6.45, 7) is 15.1. The molecule has 0 spiro atoms. The molecule has 5 N–H and O–H groups in total. The number of phenolic OH excluding ortho intramolecular Hbond substituents is 1. The zero-order chi connectivity index (χ0) is 57.2. The van der Waals surface area contributed by atoms with Crippen LogP contribution in [0.3, 0.4) is 0 Å². The van der Waals surface area contributed by atoms with Crippen molar-refractivity contribution in [1.82, 2.24) is 35.1 Å². The number of aromatic nitrogens is 2. The molecule has 3 aromatic carbocycles. The van der Waals surface area contributed by atoms with Crippen molar-refractivity contribution in [2.75, 3.05) is 70.8 Å². The van der Waals surface area contributed by atoms with Crippen molar-refractivity contribution in [2.45, 2.75) is 129 Å². The van der Waals surface area contributed by atoms with E-state index in [-0.39, 0.29) is 60.7 Å². The van der Waals surface area contributed by atoms with E-state index in [2.05, 4.69) is 59.2 Å². The molecule has 18 nitrogen and oxygen atoms in total. The first kappa shape index (κ1) is 58.3. The number of nitrogens with two attached hydrogens (primary N) is 1. The number of hydrogen-bond acceptors (Lipinski definition) is 14. The van der Waals surface area contributed by atoms with Crippen LogP contribution < -0.4 is 16.5 Å². The molecule has 0 aliphatic carbocycles. The average molecular weight is 1120 g/mol. The topological polar surface area (TPSA) is 228 Å². The molecular formula is C61H80N8O10S. The van der Waals surface area contributed by atoms with Crippen molar-refractivity contribution >= 4 is 50.1 Å². The van der Waals surface area contributed by atoms with Gasteiger partial charge in [-0.1, -0.05) is 52.0 Å². The number of ether oxygens (including phenoxy) is 3. The highest BCUT2D eigenvalue weighted by atomic mass is 32.2. The number of hydrogen-bond donors (Lipinski definition) is 4. The number of carbonyl (C=O) groups is 4. The third kappa shape index (κ3) is 12.9. The normalized spacial score (nSPS) is 22.4. The van der Waals surface area contributed by atoms with Gasteiger partial charge in [0.15, 0.2) is 9.84 Å². The molecule has 4 aliphatic heterocycles. The number of benzene rings is 3. The van der Waals surface area contributed by atoms with E-state index in [4.69, 9.17) is 24.9 Å². The number of hydrazine groups is 1. The number of pyridine rings is 1. The number of sulfone groups is 1. The van der Waals surface area contributed by atoms with Gasteiger partial charge in [-0.3, -0.25) is 29.2 Å². The molecule has 3 fully saturated rings. The number of aryl methyl sites for hydroxylation is 2. The second-order valence-electron chi connectivity index (χ2n) is 23.5. The fourth-order valence-electron chi connectivity index (χ4n) is 12.2. The molecule has 80 heavy (non-hydrogen) atoms. The van der Waals surface area contributed by atoms with E-state index in [0.29, 0.717) is 68.7 Å². The van der Waals surface area contributed by atoms with E-state index in [9.17, 15) is 32.7 Å². The third-order valence-electron chi connectivity index (χ3n) is 16.6. The SMILES string of the molecule is CCn1c(-c2cc(CCCN3CCS(=O)(=O)CC3)cnc2C(C)OC)c2c3cc(ccc31)-c1cc(O)cc(c1)CC(NC(=O)C(C(C)C)N(C)C(=O)C1OCCC1c1ccc(N)cc1)C(=O)N1CCCC(N1)C(=O)OCC(C)(C)C2. The Kier molecular flexibility index (Phi) is 17.8. The summed E-state index contributed by atoms with van der Waals surface area (Å²) in [4.78, 5) is 67.1. The maximum Gasteiger partial charge on any atom is 0.324 e. The summed E-state index contributed by atoms with van der Waals surface area (Å²) in [7, 11) is 0.281. The summed E-state index contributed by atoms with van der Waals surface area (Å²) in [6.07, 6.45) is 4.27. The Balaban J connectivity index is 1.09. The summed E-state index contributed by atoms with van der Waals surface area (Å²) in [6, 6.07) is 18.0. The molecule has 6 atom stereocenters. The third-order valence-corrected chi connectivity index (χ3v) is 18.2. The standard InChI is InChI=1S/C61H80N8O10S/c1-9-68-52-19-16-42-33-47(52)49(55(68)48-30-39(35-63-53(48)38(4)77-8)12-10-21-67-23-26-80(75,76)27-24-67)34-61(5,6)36-79-60(74)50-13-11-22-69(65-50)58(72)51(31-40-28-43(42)32-45(70)29-40)64-57(71)54(37(2)3)66(7)59(73)56-46(20-25-78-56)41-14-17-44(62)18-15-41/h14-19,28-30,32-33,35,37-38,46,50-51,54,56,65,70H,9-13,20-27,31,34,36,62H2,1-8H3,(H,64,71). The highest BCUT2D eigenvalue weighted by Crippen LogP contribution is 2.43. The minimum Gasteiger partial charge on any atom is -0.508 e. The van der Waals surface area contributed by atoms with E-state index in [0.717, 1.165) is 69.5 Å². The van der Waals surface area contributed by atoms with Crippen LogP contribution in [0.1, 0.15) is 107 Å². The highest BCUT2D eigenvalue weighted by Gasteiger charge is 2.42. The summed E-state index contributed by atoms with van der Waals surface area (Å²) in [5.41, 5.74) is 17.9. The Morgan fingerprint density at radius 1 is 1.00 bits per heavy atom. The number of nitrogens with one attached hydrogen (secondary N) is 2. The van der Waals surface area contributed by atoms with Gasteiger partial charge in [-0.15, -0.1) is 0 Å². The second-order valence-corrected chi connectivity index (χ2v) is 25.8. The lowest BCUT2D eigenvalue weighted by atomic mass is 9.84. The number of nitrogens with zero attached hydrogens (tertiary/aromatic N) is 5. The predicted octanol–water partition coefficient (Wildman–Crippen LogP) is 6.75. The number of phenols is 1. The lowest BCUT2D eigenvalue weighted by molar-refractivity contribution is -0.155. The van der Waals surface area contributed by atoms with Crippen molar-refractivity contribution in [3.63, 3.8) is 0 Å². The van der Waals surface area contributed by atoms with Crippen LogP contribution in [0.2, 0.25) is 0 Å². The highest BCUT2D eigenvalue weighted by molar-refractivity contribution is 7.91. The first-order valence-electron chi connectivity index (χ1n) is 28.4. The van der Waals surface area contributed by atoms with Crippen LogP contribution in [0.25, 0.3) is 33.3 Å². The van der Waals surface area contributed by atoms with Crippen molar-refractivity contribution in [2.24, 2.45) is 11.3 Å². The largest absolute Gasteiger partial charge is 0.508 e. The van der Waals surface area contributed by atoms with Gasteiger partial charge in [-0.2, -0.15) is 0 Å². The number of methoxy groups -OCH3 is 1. The Labute approximate surface area is 470 Å². The smallest absolute Gasteiger partial charge is 0.324 e. The van der Waals surface area contributed by atoms with E-state index in [1.807, 2.05) is 51.2 Å². The van der Waals surface area contributed by atoms with Crippen molar-refractivity contribution < 1.29 is 46.9 Å². The van der Waals surface area contributed by atoms with Gasteiger partial charge in [0.25, 0.3) is 11.8 Å². The molecule has 3 amide bonds. The molecule has 4 aliphatic rings. The van der Waals surface area contributed by atoms with Crippen LogP contribution >= 0.6 is 0 Å². The first-order valence-corrected chi connectivity index (χ1v) is 30.2. The summed E-state index contributed by atoms with van der Waals surface area (Å²) in [5.74, 6) is -2.16. The number of cyclic esters (lactones) is 1. The number of esters is 1. The molecule has 430 valence electrons. The number of anilines is 1. The molecule has 19 heteroatoms. The van der Waals surface area contributed by atoms with Gasteiger partial charge in [-0.05, 0) is 141 Å². The van der Waals surface area contributed by atoms with Crippen LogP contribution in [0.4, 0.5) is 5.69 Å². The Hall–Kier alpha value is -6.38. The fourth-order valence-corrected chi connectivity index (χ4v) is 13.5. The predicted molar refractivity (Wildman–Crippen MR) is 308 cm³/mol. The molecule has 6 unspecified atom stereocenters. The zero-order valence-electron chi connectivity index (χ0n) is 47.6. The first-order chi connectivity index (χ1) is 38.1. The van der Waals surface area contributed by atoms with Crippen LogP contribution in [0.5, 0.6) is 5.75 Å². The van der Waals surface area contributed by atoms with E-state index >= 15 is 0 Å². The van der Waals surface area contributed by atoms with Gasteiger partial charge in [0.05, 0.1) is 35.6 Å². The maximum absolute atomic E-state index is 15.0. The van der Waals surface area contributed by atoms with Crippen molar-refractivity contribution in [1.29, 1.82) is 0 Å². The Morgan fingerprint density at radius 2 is 1.75 bits per heavy atom. The number of aromatic hydroxyl groups is 1. The Bertz CT molecular complexity index is 3200. The lowest BCUT2D eigenvalue weighted by Crippen LogP contribution is -2.62. The summed E-state index contributed by atoms with van der Waals surface area (Å²) < 4.78 is 44.8. The lowest BCUT2D eigenvalue weighted by Gasteiger charge is -2.37. The van der Waals surface area contributed by atoms with Gasteiger partial charge < -0.3 is 44.7 Å². The van der Waals surface area contributed by atoms with Crippen LogP contribution in [-0.2, 0) is 69.0 Å². The summed E-state index contributed by atoms with van der Waals surface area (Å²) >= 11 is 0. The zero-order valence-corrected chi connectivity index (χ0v) is 48.4. The van der Waals surface area contributed by atoms with Gasteiger partial charge in [0.1, 0.15) is 30.0 Å². The quantitative estimate of drug-likeness (QED) is 0.0667. The molecule has 6 heterocycles. The van der Waals surface area contributed by atoms with Crippen LogP contribution in [-0.4, -0.2) is 151 Å². The van der Waals surface area contributed by atoms with Crippen LogP contribution in [0.15, 0.2) is 72.9 Å². The molecule has 3 saturated heterocycles.